The summed E-state index contributed by atoms with van der Waals surface area (Å²) in [6.07, 6.45) is 0. The molecule has 4 heteroatoms. The number of hydrogen-bond donors (Lipinski definition) is 2. The van der Waals surface area contributed by atoms with Crippen LogP contribution in [-0.4, -0.2) is 10.8 Å². The minimum Gasteiger partial charge on any atom is -0.384 e. The highest BCUT2D eigenvalue weighted by Crippen LogP contribution is 2.33. The summed E-state index contributed by atoms with van der Waals surface area (Å²) in [6.45, 7) is 6.24. The molecule has 1 heterocycles. The SMILES string of the molecule is CC(C)(C)C(=O)c1ccc(-c2ccc(CN)cc2)c2ccc(N)nc12. The van der Waals surface area contributed by atoms with Gasteiger partial charge in [0, 0.05) is 22.9 Å². The van der Waals surface area contributed by atoms with Crippen molar-refractivity contribution < 1.29 is 4.79 Å². The molecule has 3 rings (SSSR count). The van der Waals surface area contributed by atoms with Gasteiger partial charge >= 0.3 is 0 Å². The Morgan fingerprint density at radius 3 is 2.28 bits per heavy atom. The fraction of sp³-hybridized carbons (Fsp3) is 0.238. The molecule has 128 valence electrons. The Bertz CT molecular complexity index is 938. The van der Waals surface area contributed by atoms with E-state index in [4.69, 9.17) is 11.5 Å². The van der Waals surface area contributed by atoms with Gasteiger partial charge < -0.3 is 11.5 Å². The first kappa shape index (κ1) is 17.1. The number of nitrogen functional groups attached to an aromatic ring is 1. The number of carbonyl (C=O) groups is 1. The quantitative estimate of drug-likeness (QED) is 0.705. The summed E-state index contributed by atoms with van der Waals surface area (Å²) in [6, 6.07) is 15.7. The Kier molecular flexibility index (Phi) is 4.31. The molecule has 3 aromatic rings. The molecular formula is C21H23N3O. The Hall–Kier alpha value is -2.72. The third kappa shape index (κ3) is 3.26. The molecule has 0 amide bonds. The first-order valence-corrected chi connectivity index (χ1v) is 8.34. The second-order valence-corrected chi connectivity index (χ2v) is 7.27. The van der Waals surface area contributed by atoms with Crippen LogP contribution >= 0.6 is 0 Å². The normalized spacial score (nSPS) is 11.7. The average molecular weight is 333 g/mol. The lowest BCUT2D eigenvalue weighted by Crippen LogP contribution is -2.20. The fourth-order valence-corrected chi connectivity index (χ4v) is 2.89. The van der Waals surface area contributed by atoms with Crippen molar-refractivity contribution in [3.8, 4) is 11.1 Å². The van der Waals surface area contributed by atoms with E-state index in [2.05, 4.69) is 4.98 Å². The van der Waals surface area contributed by atoms with Gasteiger partial charge in [0.2, 0.25) is 0 Å². The predicted molar refractivity (Wildman–Crippen MR) is 103 cm³/mol. The van der Waals surface area contributed by atoms with E-state index in [0.29, 0.717) is 23.4 Å². The number of ketones is 1. The van der Waals surface area contributed by atoms with Crippen molar-refractivity contribution in [3.63, 3.8) is 0 Å². The summed E-state index contributed by atoms with van der Waals surface area (Å²) >= 11 is 0. The first-order chi connectivity index (χ1) is 11.8. The van der Waals surface area contributed by atoms with Crippen molar-refractivity contribution in [1.82, 2.24) is 4.98 Å². The maximum absolute atomic E-state index is 12.8. The minimum absolute atomic E-state index is 0.0561. The zero-order chi connectivity index (χ0) is 18.2. The second-order valence-electron chi connectivity index (χ2n) is 7.27. The number of nitrogens with two attached hydrogens (primary N) is 2. The van der Waals surface area contributed by atoms with Crippen LogP contribution in [0.25, 0.3) is 22.0 Å². The monoisotopic (exact) mass is 333 g/mol. The highest BCUT2D eigenvalue weighted by atomic mass is 16.1. The van der Waals surface area contributed by atoms with Crippen LogP contribution in [0.5, 0.6) is 0 Å². The molecule has 25 heavy (non-hydrogen) atoms. The summed E-state index contributed by atoms with van der Waals surface area (Å²) in [5.74, 6) is 0.465. The van der Waals surface area contributed by atoms with E-state index in [9.17, 15) is 4.79 Å². The fourth-order valence-electron chi connectivity index (χ4n) is 2.89. The van der Waals surface area contributed by atoms with Gasteiger partial charge in [0.05, 0.1) is 5.52 Å². The van der Waals surface area contributed by atoms with E-state index in [1.165, 1.54) is 0 Å². The molecule has 1 aromatic heterocycles. The molecule has 0 unspecified atom stereocenters. The topological polar surface area (TPSA) is 82.0 Å². The van der Waals surface area contributed by atoms with Crippen LogP contribution in [0.2, 0.25) is 0 Å². The molecule has 0 aliphatic carbocycles. The number of benzene rings is 2. The molecule has 4 nitrogen and oxygen atoms in total. The molecule has 0 atom stereocenters. The van der Waals surface area contributed by atoms with E-state index in [0.717, 1.165) is 22.1 Å². The van der Waals surface area contributed by atoms with Gasteiger partial charge in [-0.3, -0.25) is 4.79 Å². The zero-order valence-electron chi connectivity index (χ0n) is 14.8. The maximum atomic E-state index is 12.8. The molecule has 0 saturated carbocycles. The van der Waals surface area contributed by atoms with Crippen LogP contribution in [0.4, 0.5) is 5.82 Å². The van der Waals surface area contributed by atoms with E-state index in [-0.39, 0.29) is 5.78 Å². The van der Waals surface area contributed by atoms with Crippen LogP contribution in [0.3, 0.4) is 0 Å². The molecule has 0 aliphatic heterocycles. The summed E-state index contributed by atoms with van der Waals surface area (Å²) in [4.78, 5) is 17.3. The Balaban J connectivity index is 2.24. The largest absolute Gasteiger partial charge is 0.384 e. The lowest BCUT2D eigenvalue weighted by Gasteiger charge is -2.19. The van der Waals surface area contributed by atoms with Crippen LogP contribution in [-0.2, 0) is 6.54 Å². The van der Waals surface area contributed by atoms with Gasteiger partial charge in [0.25, 0.3) is 0 Å². The number of Topliss-reactive ketones (excluding diaryl/α,β-unsaturated/α-hetero) is 1. The molecule has 0 aliphatic rings. The molecule has 0 saturated heterocycles. The van der Waals surface area contributed by atoms with Gasteiger partial charge in [0.15, 0.2) is 5.78 Å². The molecule has 0 spiro atoms. The second kappa shape index (κ2) is 6.30. The van der Waals surface area contributed by atoms with Crippen LogP contribution < -0.4 is 11.5 Å². The molecule has 2 aromatic carbocycles. The predicted octanol–water partition coefficient (Wildman–Crippen LogP) is 4.17. The van der Waals surface area contributed by atoms with Crippen molar-refractivity contribution in [2.24, 2.45) is 11.1 Å². The van der Waals surface area contributed by atoms with Gasteiger partial charge in [-0.05, 0) is 34.9 Å². The lowest BCUT2D eigenvalue weighted by atomic mass is 9.84. The minimum atomic E-state index is -0.483. The number of aromatic nitrogens is 1. The first-order valence-electron chi connectivity index (χ1n) is 8.34. The number of rotatable bonds is 3. The van der Waals surface area contributed by atoms with Crippen molar-refractivity contribution in [3.05, 3.63) is 59.7 Å². The number of anilines is 1. The third-order valence-corrected chi connectivity index (χ3v) is 4.31. The van der Waals surface area contributed by atoms with Gasteiger partial charge in [-0.1, -0.05) is 51.1 Å². The Morgan fingerprint density at radius 1 is 1.00 bits per heavy atom. The average Bonchev–Trinajstić information content (AvgIpc) is 2.59. The lowest BCUT2D eigenvalue weighted by molar-refractivity contribution is 0.0860. The van der Waals surface area contributed by atoms with Crippen molar-refractivity contribution in [2.45, 2.75) is 27.3 Å². The molecule has 0 fully saturated rings. The summed E-state index contributed by atoms with van der Waals surface area (Å²) in [5, 5.41) is 0.921. The maximum Gasteiger partial charge on any atom is 0.170 e. The summed E-state index contributed by atoms with van der Waals surface area (Å²) in [5.41, 5.74) is 15.5. The smallest absolute Gasteiger partial charge is 0.170 e. The van der Waals surface area contributed by atoms with E-state index in [1.54, 1.807) is 6.07 Å². The van der Waals surface area contributed by atoms with Crippen LogP contribution in [0.1, 0.15) is 36.7 Å². The standard InChI is InChI=1S/C21H23N3O/c1-21(2,3)20(25)17-9-8-15(14-6-4-13(12-22)5-7-14)16-10-11-18(23)24-19(16)17/h4-11H,12,22H2,1-3H3,(H2,23,24). The highest BCUT2D eigenvalue weighted by Gasteiger charge is 2.25. The van der Waals surface area contributed by atoms with E-state index in [1.807, 2.05) is 63.2 Å². The molecule has 0 radical (unpaired) electrons. The van der Waals surface area contributed by atoms with Crippen molar-refractivity contribution in [2.75, 3.05) is 5.73 Å². The number of carbonyl (C=O) groups excluding carboxylic acids is 1. The van der Waals surface area contributed by atoms with Gasteiger partial charge in [-0.15, -0.1) is 0 Å². The summed E-state index contributed by atoms with van der Waals surface area (Å²) < 4.78 is 0. The van der Waals surface area contributed by atoms with Crippen molar-refractivity contribution in [1.29, 1.82) is 0 Å². The molecule has 4 N–H and O–H groups in total. The molecule has 0 bridgehead atoms. The highest BCUT2D eigenvalue weighted by molar-refractivity contribution is 6.12. The van der Waals surface area contributed by atoms with Gasteiger partial charge in [-0.25, -0.2) is 4.98 Å². The zero-order valence-corrected chi connectivity index (χ0v) is 14.8. The van der Waals surface area contributed by atoms with E-state index < -0.39 is 5.41 Å². The number of pyridine rings is 1. The van der Waals surface area contributed by atoms with Crippen LogP contribution in [0, 0.1) is 5.41 Å². The molecular weight excluding hydrogens is 310 g/mol. The van der Waals surface area contributed by atoms with Crippen molar-refractivity contribution >= 4 is 22.5 Å². The Labute approximate surface area is 147 Å². The number of hydrogen-bond acceptors (Lipinski definition) is 4. The summed E-state index contributed by atoms with van der Waals surface area (Å²) in [7, 11) is 0. The third-order valence-electron chi connectivity index (χ3n) is 4.31. The number of nitrogens with zero attached hydrogens (tertiary/aromatic N) is 1. The van der Waals surface area contributed by atoms with Gasteiger partial charge in [0.1, 0.15) is 5.82 Å². The number of fused-ring (bicyclic) bond motifs is 1. The van der Waals surface area contributed by atoms with E-state index >= 15 is 0 Å². The van der Waals surface area contributed by atoms with Crippen LogP contribution in [0.15, 0.2) is 48.5 Å². The Morgan fingerprint density at radius 2 is 1.68 bits per heavy atom. The van der Waals surface area contributed by atoms with Gasteiger partial charge in [-0.2, -0.15) is 0 Å².